The van der Waals surface area contributed by atoms with E-state index in [0.717, 1.165) is 23.5 Å². The van der Waals surface area contributed by atoms with Crippen molar-refractivity contribution in [1.82, 2.24) is 9.88 Å². The van der Waals surface area contributed by atoms with Crippen LogP contribution < -0.4 is 0 Å². The Morgan fingerprint density at radius 3 is 3.00 bits per heavy atom. The fourth-order valence-corrected chi connectivity index (χ4v) is 2.90. The number of aromatic amines is 1. The molecule has 1 amide bonds. The van der Waals surface area contributed by atoms with Gasteiger partial charge in [0.2, 0.25) is 5.91 Å². The van der Waals surface area contributed by atoms with Gasteiger partial charge in [-0.1, -0.05) is 30.7 Å². The van der Waals surface area contributed by atoms with E-state index in [2.05, 4.69) is 11.1 Å². The summed E-state index contributed by atoms with van der Waals surface area (Å²) < 4.78 is 0. The van der Waals surface area contributed by atoms with Crippen LogP contribution in [-0.2, 0) is 4.79 Å². The van der Waals surface area contributed by atoms with Crippen LogP contribution in [0.15, 0.2) is 30.5 Å². The molecule has 1 aliphatic rings. The maximum Gasteiger partial charge on any atom is 0.222 e. The zero-order valence-electron chi connectivity index (χ0n) is 11.4. The Morgan fingerprint density at radius 2 is 2.30 bits per heavy atom. The van der Waals surface area contributed by atoms with E-state index in [1.165, 1.54) is 16.5 Å². The van der Waals surface area contributed by atoms with E-state index >= 15 is 0 Å². The molecule has 1 aromatic carbocycles. The molecule has 0 bridgehead atoms. The van der Waals surface area contributed by atoms with E-state index in [4.69, 9.17) is 11.6 Å². The zero-order valence-corrected chi connectivity index (χ0v) is 12.2. The number of nitrogens with one attached hydrogen (secondary N) is 1. The molecular weight excluding hydrogens is 272 g/mol. The first kappa shape index (κ1) is 13.3. The Morgan fingerprint density at radius 1 is 1.45 bits per heavy atom. The number of hydrogen-bond donors (Lipinski definition) is 1. The molecule has 2 heterocycles. The average molecular weight is 289 g/mol. The molecule has 3 rings (SSSR count). The Bertz CT molecular complexity index is 687. The molecule has 0 fully saturated rings. The van der Waals surface area contributed by atoms with E-state index in [0.29, 0.717) is 13.0 Å². The Hall–Kier alpha value is -1.74. The van der Waals surface area contributed by atoms with Crippen molar-refractivity contribution in [3.8, 4) is 0 Å². The summed E-state index contributed by atoms with van der Waals surface area (Å²) in [5.74, 6) is 0.228. The second kappa shape index (κ2) is 5.33. The molecule has 2 aromatic rings. The van der Waals surface area contributed by atoms with Gasteiger partial charge in [0.25, 0.3) is 0 Å². The van der Waals surface area contributed by atoms with Gasteiger partial charge in [0.15, 0.2) is 0 Å². The molecule has 0 aliphatic carbocycles. The lowest BCUT2D eigenvalue weighted by Crippen LogP contribution is -2.33. The number of H-pyrrole nitrogens is 1. The minimum absolute atomic E-state index is 0.228. The van der Waals surface area contributed by atoms with E-state index in [9.17, 15) is 4.79 Å². The van der Waals surface area contributed by atoms with Crippen LogP contribution in [0.5, 0.6) is 0 Å². The number of nitrogens with zero attached hydrogens (tertiary/aromatic N) is 1. The Kier molecular flexibility index (Phi) is 3.53. The third-order valence-corrected chi connectivity index (χ3v) is 4.09. The number of rotatable bonds is 2. The lowest BCUT2D eigenvalue weighted by atomic mass is 9.99. The first-order chi connectivity index (χ1) is 9.69. The molecule has 1 aliphatic heterocycles. The molecule has 4 heteroatoms. The van der Waals surface area contributed by atoms with Crippen LogP contribution in [-0.4, -0.2) is 28.9 Å². The van der Waals surface area contributed by atoms with Crippen molar-refractivity contribution in [2.45, 2.75) is 19.8 Å². The van der Waals surface area contributed by atoms with Gasteiger partial charge in [-0.15, -0.1) is 0 Å². The molecule has 0 radical (unpaired) electrons. The maximum atomic E-state index is 11.7. The summed E-state index contributed by atoms with van der Waals surface area (Å²) in [6, 6.07) is 5.90. The van der Waals surface area contributed by atoms with E-state index < -0.39 is 0 Å². The first-order valence-electron chi connectivity index (χ1n) is 6.93. The number of hydrogen-bond acceptors (Lipinski definition) is 1. The number of carbonyl (C=O) groups excluding carboxylic acids is 1. The summed E-state index contributed by atoms with van der Waals surface area (Å²) in [5.41, 5.74) is 3.58. The highest BCUT2D eigenvalue weighted by Crippen LogP contribution is 2.30. The second-order valence-electron chi connectivity index (χ2n) is 5.06. The van der Waals surface area contributed by atoms with Crippen molar-refractivity contribution in [3.63, 3.8) is 0 Å². The predicted molar refractivity (Wildman–Crippen MR) is 82.8 cm³/mol. The molecule has 3 nitrogen and oxygen atoms in total. The summed E-state index contributed by atoms with van der Waals surface area (Å²) >= 11 is 6.00. The minimum atomic E-state index is 0.228. The van der Waals surface area contributed by atoms with Crippen LogP contribution in [0.1, 0.15) is 25.3 Å². The van der Waals surface area contributed by atoms with Gasteiger partial charge in [0, 0.05) is 47.2 Å². The van der Waals surface area contributed by atoms with Gasteiger partial charge in [0.1, 0.15) is 0 Å². The number of fused-ring (bicyclic) bond motifs is 1. The standard InChI is InChI=1S/C16H17ClN2O/c1-2-16(20)19-7-5-11(6-8-19)14-10-18-15-9-12(17)3-4-13(14)15/h3-5,9-10,18H,2,6-8H2,1H3. The molecular formula is C16H17ClN2O. The number of aromatic nitrogens is 1. The maximum absolute atomic E-state index is 11.7. The van der Waals surface area contributed by atoms with Crippen LogP contribution in [0.25, 0.3) is 16.5 Å². The quantitative estimate of drug-likeness (QED) is 0.895. The van der Waals surface area contributed by atoms with Gasteiger partial charge >= 0.3 is 0 Å². The van der Waals surface area contributed by atoms with Crippen LogP contribution in [0.4, 0.5) is 0 Å². The topological polar surface area (TPSA) is 36.1 Å². The van der Waals surface area contributed by atoms with Crippen LogP contribution in [0.2, 0.25) is 5.02 Å². The summed E-state index contributed by atoms with van der Waals surface area (Å²) in [6.45, 7) is 3.42. The highest BCUT2D eigenvalue weighted by molar-refractivity contribution is 6.31. The van der Waals surface area contributed by atoms with E-state index in [-0.39, 0.29) is 5.91 Å². The molecule has 0 saturated heterocycles. The smallest absolute Gasteiger partial charge is 0.222 e. The molecule has 1 aromatic heterocycles. The summed E-state index contributed by atoms with van der Waals surface area (Å²) in [6.07, 6.45) is 5.68. The largest absolute Gasteiger partial charge is 0.361 e. The van der Waals surface area contributed by atoms with E-state index in [1.807, 2.05) is 36.2 Å². The van der Waals surface area contributed by atoms with Crippen molar-refractivity contribution in [2.24, 2.45) is 0 Å². The van der Waals surface area contributed by atoms with Crippen LogP contribution in [0.3, 0.4) is 0 Å². The van der Waals surface area contributed by atoms with Crippen molar-refractivity contribution in [3.05, 3.63) is 41.1 Å². The highest BCUT2D eigenvalue weighted by Gasteiger charge is 2.18. The van der Waals surface area contributed by atoms with Crippen molar-refractivity contribution in [2.75, 3.05) is 13.1 Å². The van der Waals surface area contributed by atoms with Crippen LogP contribution >= 0.6 is 11.6 Å². The molecule has 20 heavy (non-hydrogen) atoms. The Balaban J connectivity index is 1.89. The molecule has 0 atom stereocenters. The van der Waals surface area contributed by atoms with Gasteiger partial charge in [0.05, 0.1) is 0 Å². The molecule has 0 spiro atoms. The Labute approximate surface area is 123 Å². The van der Waals surface area contributed by atoms with Gasteiger partial charge in [-0.05, 0) is 24.1 Å². The number of carbonyl (C=O) groups is 1. The molecule has 0 unspecified atom stereocenters. The van der Waals surface area contributed by atoms with E-state index in [1.54, 1.807) is 0 Å². The fraction of sp³-hybridized carbons (Fsp3) is 0.312. The van der Waals surface area contributed by atoms with Crippen molar-refractivity contribution < 1.29 is 4.79 Å². The van der Waals surface area contributed by atoms with Gasteiger partial charge in [-0.2, -0.15) is 0 Å². The fourth-order valence-electron chi connectivity index (χ4n) is 2.73. The monoisotopic (exact) mass is 288 g/mol. The lowest BCUT2D eigenvalue weighted by Gasteiger charge is -2.26. The zero-order chi connectivity index (χ0) is 14.1. The molecule has 1 N–H and O–H groups in total. The molecule has 104 valence electrons. The number of benzene rings is 1. The minimum Gasteiger partial charge on any atom is -0.361 e. The number of halogens is 1. The average Bonchev–Trinajstić information content (AvgIpc) is 2.89. The van der Waals surface area contributed by atoms with Crippen molar-refractivity contribution in [1.29, 1.82) is 0 Å². The predicted octanol–water partition coefficient (Wildman–Crippen LogP) is 3.85. The second-order valence-corrected chi connectivity index (χ2v) is 5.50. The van der Waals surface area contributed by atoms with Crippen molar-refractivity contribution >= 4 is 34.0 Å². The lowest BCUT2D eigenvalue weighted by molar-refractivity contribution is -0.130. The first-order valence-corrected chi connectivity index (χ1v) is 7.30. The third kappa shape index (κ3) is 2.34. The van der Waals surface area contributed by atoms with Gasteiger partial charge < -0.3 is 9.88 Å². The van der Waals surface area contributed by atoms with Crippen LogP contribution in [0, 0.1) is 0 Å². The van der Waals surface area contributed by atoms with Gasteiger partial charge in [-0.3, -0.25) is 4.79 Å². The summed E-state index contributed by atoms with van der Waals surface area (Å²) in [4.78, 5) is 16.9. The normalized spacial score (nSPS) is 15.5. The van der Waals surface area contributed by atoms with Gasteiger partial charge in [-0.25, -0.2) is 0 Å². The third-order valence-electron chi connectivity index (χ3n) is 3.85. The SMILES string of the molecule is CCC(=O)N1CC=C(c2c[nH]c3cc(Cl)ccc23)CC1. The highest BCUT2D eigenvalue weighted by atomic mass is 35.5. The summed E-state index contributed by atoms with van der Waals surface area (Å²) in [7, 11) is 0. The number of amides is 1. The summed E-state index contributed by atoms with van der Waals surface area (Å²) in [5, 5.41) is 1.93. The molecule has 0 saturated carbocycles.